The molecule has 1 aliphatic heterocycles. The minimum atomic E-state index is -2.61. The highest BCUT2D eigenvalue weighted by Crippen LogP contribution is 2.39. The summed E-state index contributed by atoms with van der Waals surface area (Å²) in [5, 5.41) is 6.67. The topological polar surface area (TPSA) is 97.6 Å². The van der Waals surface area contributed by atoms with E-state index in [4.69, 9.17) is 9.26 Å². The lowest BCUT2D eigenvalue weighted by Gasteiger charge is -2.33. The highest BCUT2D eigenvalue weighted by molar-refractivity contribution is 5.79. The lowest BCUT2D eigenvalue weighted by Crippen LogP contribution is -2.46. The second kappa shape index (κ2) is 8.85. The fraction of sp³-hybridized carbons (Fsp3) is 0.800. The Kier molecular flexibility index (Phi) is 6.62. The van der Waals surface area contributed by atoms with Crippen LogP contribution in [0, 0.1) is 5.92 Å². The fourth-order valence-corrected chi connectivity index (χ4v) is 3.79. The van der Waals surface area contributed by atoms with E-state index in [9.17, 15) is 18.4 Å². The summed E-state index contributed by atoms with van der Waals surface area (Å²) in [6.45, 7) is 6.33. The lowest BCUT2D eigenvalue weighted by molar-refractivity contribution is -0.126. The van der Waals surface area contributed by atoms with Crippen molar-refractivity contribution in [3.8, 4) is 0 Å². The average molecular weight is 428 g/mol. The van der Waals surface area contributed by atoms with Gasteiger partial charge in [-0.05, 0) is 46.5 Å². The Hall–Kier alpha value is -2.26. The molecule has 0 spiro atoms. The number of halogens is 2. The zero-order chi connectivity index (χ0) is 21.9. The van der Waals surface area contributed by atoms with Crippen LogP contribution in [0.5, 0.6) is 0 Å². The number of hydrogen-bond donors (Lipinski definition) is 1. The van der Waals surface area contributed by atoms with Gasteiger partial charge in [-0.15, -0.1) is 0 Å². The lowest BCUT2D eigenvalue weighted by atomic mass is 9.86. The van der Waals surface area contributed by atoms with E-state index in [0.717, 1.165) is 0 Å². The molecule has 1 atom stereocenters. The third-order valence-corrected chi connectivity index (χ3v) is 5.42. The van der Waals surface area contributed by atoms with Gasteiger partial charge in [0.15, 0.2) is 5.82 Å². The Labute approximate surface area is 174 Å². The molecule has 168 valence electrons. The largest absolute Gasteiger partial charge is 0.444 e. The van der Waals surface area contributed by atoms with Crippen molar-refractivity contribution in [1.82, 2.24) is 20.4 Å². The van der Waals surface area contributed by atoms with Gasteiger partial charge in [0.1, 0.15) is 5.60 Å². The van der Waals surface area contributed by atoms with E-state index in [1.165, 1.54) is 0 Å². The number of carbonyl (C=O) groups is 2. The first-order valence-corrected chi connectivity index (χ1v) is 10.5. The van der Waals surface area contributed by atoms with Gasteiger partial charge in [-0.25, -0.2) is 13.6 Å². The van der Waals surface area contributed by atoms with Crippen LogP contribution in [-0.2, 0) is 16.1 Å². The molecule has 8 nitrogen and oxygen atoms in total. The second-order valence-corrected chi connectivity index (χ2v) is 9.16. The predicted octanol–water partition coefficient (Wildman–Crippen LogP) is 3.63. The van der Waals surface area contributed by atoms with Crippen LogP contribution in [0.1, 0.15) is 76.9 Å². The molecule has 3 rings (SSSR count). The number of alkyl halides is 2. The van der Waals surface area contributed by atoms with Gasteiger partial charge in [0.05, 0.1) is 12.5 Å². The Bertz CT molecular complexity index is 752. The number of nitrogens with zero attached hydrogens (tertiary/aromatic N) is 3. The van der Waals surface area contributed by atoms with Gasteiger partial charge in [-0.3, -0.25) is 4.79 Å². The van der Waals surface area contributed by atoms with E-state index < -0.39 is 17.6 Å². The van der Waals surface area contributed by atoms with E-state index >= 15 is 0 Å². The van der Waals surface area contributed by atoms with Gasteiger partial charge in [0.25, 0.3) is 0 Å². The zero-order valence-electron chi connectivity index (χ0n) is 17.7. The van der Waals surface area contributed by atoms with Gasteiger partial charge in [-0.2, -0.15) is 4.98 Å². The summed E-state index contributed by atoms with van der Waals surface area (Å²) >= 11 is 0. The molecular weight excluding hydrogens is 398 g/mol. The Balaban J connectivity index is 1.47. The fourth-order valence-electron chi connectivity index (χ4n) is 3.79. The molecular formula is C20H30F2N4O4. The normalized spacial score (nSPS) is 22.6. The monoisotopic (exact) mass is 428 g/mol. The number of likely N-dealkylation sites (tertiary alicyclic amines) is 1. The van der Waals surface area contributed by atoms with E-state index in [1.54, 1.807) is 25.7 Å². The van der Waals surface area contributed by atoms with Crippen LogP contribution < -0.4 is 5.32 Å². The Morgan fingerprint density at radius 3 is 2.63 bits per heavy atom. The van der Waals surface area contributed by atoms with Crippen LogP contribution in [0.3, 0.4) is 0 Å². The third-order valence-electron chi connectivity index (χ3n) is 5.42. The standard InChI is InChI=1S/C20H30F2N4O4/c1-19(2,3)29-18(28)26-10-4-5-14(12-26)17(27)23-11-15-24-16(25-30-15)13-6-8-20(21,22)9-7-13/h13-14H,4-12H2,1-3H3,(H,23,27)/t14-/m1/s1. The van der Waals surface area contributed by atoms with Crippen LogP contribution in [0.4, 0.5) is 13.6 Å². The quantitative estimate of drug-likeness (QED) is 0.787. The molecule has 0 unspecified atom stereocenters. The van der Waals surface area contributed by atoms with Gasteiger partial charge in [-0.1, -0.05) is 5.16 Å². The van der Waals surface area contributed by atoms with Crippen LogP contribution in [0.25, 0.3) is 0 Å². The van der Waals surface area contributed by atoms with Crippen LogP contribution in [0.15, 0.2) is 4.52 Å². The van der Waals surface area contributed by atoms with Gasteiger partial charge < -0.3 is 19.5 Å². The number of aromatic nitrogens is 2. The number of hydrogen-bond acceptors (Lipinski definition) is 6. The molecule has 2 aliphatic rings. The third kappa shape index (κ3) is 6.12. The van der Waals surface area contributed by atoms with Crippen molar-refractivity contribution in [3.63, 3.8) is 0 Å². The van der Waals surface area contributed by atoms with Crippen LogP contribution in [0.2, 0.25) is 0 Å². The number of piperidine rings is 1. The summed E-state index contributed by atoms with van der Waals surface area (Å²) in [6.07, 6.45) is 1.27. The molecule has 1 saturated carbocycles. The first kappa shape index (κ1) is 22.4. The zero-order valence-corrected chi connectivity index (χ0v) is 17.7. The molecule has 10 heteroatoms. The molecule has 0 bridgehead atoms. The van der Waals surface area contributed by atoms with Gasteiger partial charge >= 0.3 is 6.09 Å². The molecule has 30 heavy (non-hydrogen) atoms. The summed E-state index contributed by atoms with van der Waals surface area (Å²) in [5.74, 6) is -2.61. The summed E-state index contributed by atoms with van der Waals surface area (Å²) < 4.78 is 37.2. The van der Waals surface area contributed by atoms with Crippen LogP contribution >= 0.6 is 0 Å². The summed E-state index contributed by atoms with van der Waals surface area (Å²) in [5.41, 5.74) is -0.587. The van der Waals surface area contributed by atoms with Crippen molar-refractivity contribution in [2.45, 2.75) is 83.3 Å². The van der Waals surface area contributed by atoms with Crippen molar-refractivity contribution in [2.75, 3.05) is 13.1 Å². The molecule has 2 amide bonds. The molecule has 1 aromatic heterocycles. The second-order valence-electron chi connectivity index (χ2n) is 9.16. The summed E-state index contributed by atoms with van der Waals surface area (Å²) in [7, 11) is 0. The minimum Gasteiger partial charge on any atom is -0.444 e. The minimum absolute atomic E-state index is 0.0671. The van der Waals surface area contributed by atoms with Gasteiger partial charge in [0.2, 0.25) is 17.7 Å². The number of carbonyl (C=O) groups excluding carboxylic acids is 2. The smallest absolute Gasteiger partial charge is 0.410 e. The first-order chi connectivity index (χ1) is 14.0. The summed E-state index contributed by atoms with van der Waals surface area (Å²) in [4.78, 5) is 30.6. The number of ether oxygens (including phenoxy) is 1. The Morgan fingerprint density at radius 2 is 1.97 bits per heavy atom. The molecule has 2 fully saturated rings. The SMILES string of the molecule is CC(C)(C)OC(=O)N1CCC[C@@H](C(=O)NCc2nc(C3CCC(F)(F)CC3)no2)C1. The maximum Gasteiger partial charge on any atom is 0.410 e. The van der Waals surface area contributed by atoms with Crippen molar-refractivity contribution in [3.05, 3.63) is 11.7 Å². The molecule has 1 N–H and O–H groups in total. The first-order valence-electron chi connectivity index (χ1n) is 10.5. The van der Waals surface area contributed by atoms with E-state index in [2.05, 4.69) is 15.5 Å². The number of nitrogens with one attached hydrogen (secondary N) is 1. The average Bonchev–Trinajstić information content (AvgIpc) is 3.14. The maximum atomic E-state index is 13.3. The van der Waals surface area contributed by atoms with Crippen molar-refractivity contribution in [2.24, 2.45) is 5.92 Å². The van der Waals surface area contributed by atoms with Crippen molar-refractivity contribution < 1.29 is 27.6 Å². The van der Waals surface area contributed by atoms with E-state index in [-0.39, 0.29) is 43.0 Å². The van der Waals surface area contributed by atoms with Crippen molar-refractivity contribution >= 4 is 12.0 Å². The molecule has 2 heterocycles. The van der Waals surface area contributed by atoms with E-state index in [1.807, 2.05) is 0 Å². The van der Waals surface area contributed by atoms with E-state index in [0.29, 0.717) is 44.6 Å². The van der Waals surface area contributed by atoms with Gasteiger partial charge in [0, 0.05) is 31.8 Å². The van der Waals surface area contributed by atoms with Crippen molar-refractivity contribution in [1.29, 1.82) is 0 Å². The number of rotatable bonds is 4. The maximum absolute atomic E-state index is 13.3. The van der Waals surface area contributed by atoms with Crippen LogP contribution in [-0.4, -0.2) is 51.7 Å². The highest BCUT2D eigenvalue weighted by atomic mass is 19.3. The summed E-state index contributed by atoms with van der Waals surface area (Å²) in [6, 6.07) is 0. The number of amides is 2. The highest BCUT2D eigenvalue weighted by Gasteiger charge is 2.37. The molecule has 0 radical (unpaired) electrons. The molecule has 0 aromatic carbocycles. The predicted molar refractivity (Wildman–Crippen MR) is 103 cm³/mol. The molecule has 1 saturated heterocycles. The Morgan fingerprint density at radius 1 is 1.27 bits per heavy atom. The molecule has 1 aromatic rings. The molecule has 1 aliphatic carbocycles.